The van der Waals surface area contributed by atoms with E-state index in [0.29, 0.717) is 6.42 Å². The van der Waals surface area contributed by atoms with Crippen LogP contribution in [0.4, 0.5) is 5.69 Å². The minimum absolute atomic E-state index is 0.00847. The lowest BCUT2D eigenvalue weighted by atomic mass is 9.74. The summed E-state index contributed by atoms with van der Waals surface area (Å²) >= 11 is 0. The molecule has 4 nitrogen and oxygen atoms in total. The highest BCUT2D eigenvalue weighted by Crippen LogP contribution is 2.38. The topological polar surface area (TPSA) is 49.4 Å². The highest BCUT2D eigenvalue weighted by atomic mass is 16.2. The van der Waals surface area contributed by atoms with Gasteiger partial charge >= 0.3 is 0 Å². The third kappa shape index (κ3) is 3.42. The molecule has 1 saturated carbocycles. The second kappa shape index (κ2) is 7.04. The lowest BCUT2D eigenvalue weighted by Crippen LogP contribution is -2.59. The lowest BCUT2D eigenvalue weighted by Gasteiger charge is -2.40. The molecule has 0 aromatic heterocycles. The van der Waals surface area contributed by atoms with Crippen molar-refractivity contribution < 1.29 is 9.59 Å². The van der Waals surface area contributed by atoms with Crippen molar-refractivity contribution in [1.82, 2.24) is 5.43 Å². The van der Waals surface area contributed by atoms with Crippen LogP contribution in [0.25, 0.3) is 0 Å². The van der Waals surface area contributed by atoms with Crippen LogP contribution in [-0.4, -0.2) is 11.8 Å². The van der Waals surface area contributed by atoms with E-state index in [4.69, 9.17) is 0 Å². The number of para-hydroxylation sites is 1. The third-order valence-corrected chi connectivity index (χ3v) is 4.79. The van der Waals surface area contributed by atoms with E-state index in [1.54, 1.807) is 0 Å². The van der Waals surface area contributed by atoms with Crippen molar-refractivity contribution in [1.29, 1.82) is 0 Å². The van der Waals surface area contributed by atoms with Gasteiger partial charge in [0, 0.05) is 0 Å². The minimum Gasteiger partial charge on any atom is -0.273 e. The minimum atomic E-state index is -0.232. The van der Waals surface area contributed by atoms with Crippen molar-refractivity contribution in [2.45, 2.75) is 39.5 Å². The predicted octanol–water partition coefficient (Wildman–Crippen LogP) is 3.76. The second-order valence-electron chi connectivity index (χ2n) is 6.82. The lowest BCUT2D eigenvalue weighted by molar-refractivity contribution is -0.140. The number of allylic oxidation sites excluding steroid dienone is 4. The first-order chi connectivity index (χ1) is 11.6. The largest absolute Gasteiger partial charge is 0.273 e. The van der Waals surface area contributed by atoms with E-state index >= 15 is 0 Å². The summed E-state index contributed by atoms with van der Waals surface area (Å²) in [6.45, 7) is 4.17. The first-order valence-electron chi connectivity index (χ1n) is 8.57. The van der Waals surface area contributed by atoms with E-state index in [2.05, 4.69) is 31.4 Å². The molecule has 4 heteroatoms. The Morgan fingerprint density at radius 3 is 2.67 bits per heavy atom. The summed E-state index contributed by atoms with van der Waals surface area (Å²) < 4.78 is 0. The van der Waals surface area contributed by atoms with Crippen molar-refractivity contribution in [3.63, 3.8) is 0 Å². The van der Waals surface area contributed by atoms with Gasteiger partial charge in [0.1, 0.15) is 0 Å². The average molecular weight is 324 g/mol. The molecular weight excluding hydrogens is 300 g/mol. The van der Waals surface area contributed by atoms with Gasteiger partial charge in [-0.05, 0) is 51.7 Å². The van der Waals surface area contributed by atoms with Gasteiger partial charge in [0.25, 0.3) is 0 Å². The molecule has 1 heterocycles. The van der Waals surface area contributed by atoms with Gasteiger partial charge in [0.15, 0.2) is 0 Å². The van der Waals surface area contributed by atoms with Crippen LogP contribution in [-0.2, 0) is 9.59 Å². The summed E-state index contributed by atoms with van der Waals surface area (Å²) in [5.74, 6) is -0.478. The Balaban J connectivity index is 1.74. The van der Waals surface area contributed by atoms with Gasteiger partial charge in [-0.2, -0.15) is 0 Å². The van der Waals surface area contributed by atoms with E-state index in [1.807, 2.05) is 30.3 Å². The summed E-state index contributed by atoms with van der Waals surface area (Å²) in [5.41, 5.74) is 6.10. The van der Waals surface area contributed by atoms with Crippen molar-refractivity contribution in [3.8, 4) is 0 Å². The third-order valence-electron chi connectivity index (χ3n) is 4.79. The molecule has 126 valence electrons. The molecule has 1 saturated heterocycles. The number of nitrogens with one attached hydrogen (secondary N) is 1. The number of hydrogen-bond donors (Lipinski definition) is 1. The molecule has 24 heavy (non-hydrogen) atoms. The van der Waals surface area contributed by atoms with Crippen LogP contribution in [0.3, 0.4) is 0 Å². The van der Waals surface area contributed by atoms with Gasteiger partial charge in [-0.25, -0.2) is 5.01 Å². The van der Waals surface area contributed by atoms with Gasteiger partial charge in [-0.15, -0.1) is 0 Å². The zero-order valence-electron chi connectivity index (χ0n) is 14.3. The molecule has 1 aromatic carbocycles. The number of carbonyl (C=O) groups is 2. The molecule has 3 rings (SSSR count). The van der Waals surface area contributed by atoms with E-state index < -0.39 is 0 Å². The summed E-state index contributed by atoms with van der Waals surface area (Å²) in [6, 6.07) is 9.31. The van der Waals surface area contributed by atoms with Gasteiger partial charge in [0.2, 0.25) is 11.8 Å². The van der Waals surface area contributed by atoms with Crippen molar-refractivity contribution in [2.24, 2.45) is 11.8 Å². The number of anilines is 1. The number of nitrogens with zero attached hydrogens (tertiary/aromatic N) is 1. The van der Waals surface area contributed by atoms with Crippen molar-refractivity contribution >= 4 is 17.5 Å². The molecule has 0 spiro atoms. The Bertz CT molecular complexity index is 687. The summed E-state index contributed by atoms with van der Waals surface area (Å²) in [5, 5.41) is 1.42. The summed E-state index contributed by atoms with van der Waals surface area (Å²) in [7, 11) is 0. The summed E-state index contributed by atoms with van der Waals surface area (Å²) in [6.07, 6.45) is 7.65. The standard InChI is InChI=1S/C20H24N2O2/c1-14(2)7-6-8-15-11-12-17-18(13-15)19(23)21-22(20(17)24)16-9-4-3-5-10-16/h3-5,7-10,17-18H,6,11-13H2,1-2H3,(H,21,23). The Labute approximate surface area is 143 Å². The van der Waals surface area contributed by atoms with Gasteiger partial charge in [-0.3, -0.25) is 15.0 Å². The monoisotopic (exact) mass is 324 g/mol. The first-order valence-corrected chi connectivity index (χ1v) is 8.57. The van der Waals surface area contributed by atoms with E-state index in [-0.39, 0.29) is 23.7 Å². The number of hydrogen-bond acceptors (Lipinski definition) is 2. The fourth-order valence-corrected chi connectivity index (χ4v) is 3.47. The average Bonchev–Trinajstić information content (AvgIpc) is 2.58. The molecule has 2 aliphatic rings. The van der Waals surface area contributed by atoms with Crippen molar-refractivity contribution in [3.05, 3.63) is 53.6 Å². The van der Waals surface area contributed by atoms with Crippen LogP contribution in [0.5, 0.6) is 0 Å². The maximum absolute atomic E-state index is 12.8. The van der Waals surface area contributed by atoms with Crippen LogP contribution in [0.15, 0.2) is 53.6 Å². The molecule has 1 aromatic rings. The normalized spacial score (nSPS) is 25.2. The molecule has 0 radical (unpaired) electrons. The van der Waals surface area contributed by atoms with E-state index in [0.717, 1.165) is 24.9 Å². The zero-order valence-corrected chi connectivity index (χ0v) is 14.3. The molecule has 1 aliphatic heterocycles. The number of rotatable bonds is 3. The number of hydrazine groups is 1. The molecule has 2 amide bonds. The quantitative estimate of drug-likeness (QED) is 0.861. The summed E-state index contributed by atoms with van der Waals surface area (Å²) in [4.78, 5) is 25.3. The smallest absolute Gasteiger partial charge is 0.249 e. The van der Waals surface area contributed by atoms with Gasteiger partial charge in [-0.1, -0.05) is 41.5 Å². The molecule has 0 bridgehead atoms. The Hall–Kier alpha value is -2.36. The fraction of sp³-hybridized carbons (Fsp3) is 0.400. The number of amides is 2. The fourth-order valence-electron chi connectivity index (χ4n) is 3.47. The van der Waals surface area contributed by atoms with Crippen LogP contribution in [0.1, 0.15) is 39.5 Å². The van der Waals surface area contributed by atoms with Gasteiger partial charge in [0.05, 0.1) is 17.5 Å². The van der Waals surface area contributed by atoms with Gasteiger partial charge < -0.3 is 0 Å². The molecule has 1 N–H and O–H groups in total. The highest BCUT2D eigenvalue weighted by Gasteiger charge is 2.44. The molecule has 1 aliphatic carbocycles. The molecule has 2 fully saturated rings. The SMILES string of the molecule is CC(C)=CCC=C1CCC2C(=O)N(c3ccccc3)NC(=O)C2C1. The van der Waals surface area contributed by atoms with Crippen LogP contribution < -0.4 is 10.4 Å². The Morgan fingerprint density at radius 1 is 1.21 bits per heavy atom. The Morgan fingerprint density at radius 2 is 1.96 bits per heavy atom. The maximum Gasteiger partial charge on any atom is 0.249 e. The number of fused-ring (bicyclic) bond motifs is 1. The molecule has 2 unspecified atom stereocenters. The Kier molecular flexibility index (Phi) is 4.84. The maximum atomic E-state index is 12.8. The van der Waals surface area contributed by atoms with Crippen LogP contribution in [0.2, 0.25) is 0 Å². The molecule has 2 atom stereocenters. The number of benzene rings is 1. The van der Waals surface area contributed by atoms with Crippen LogP contribution in [0, 0.1) is 11.8 Å². The zero-order chi connectivity index (χ0) is 17.1. The second-order valence-corrected chi connectivity index (χ2v) is 6.82. The number of carbonyl (C=O) groups excluding carboxylic acids is 2. The van der Waals surface area contributed by atoms with Crippen LogP contribution >= 0.6 is 0 Å². The predicted molar refractivity (Wildman–Crippen MR) is 95.0 cm³/mol. The first kappa shape index (κ1) is 16.5. The van der Waals surface area contributed by atoms with E-state index in [9.17, 15) is 9.59 Å². The van der Waals surface area contributed by atoms with Crippen molar-refractivity contribution in [2.75, 3.05) is 5.01 Å². The van der Waals surface area contributed by atoms with E-state index in [1.165, 1.54) is 16.2 Å². The molecular formula is C20H24N2O2. The highest BCUT2D eigenvalue weighted by molar-refractivity contribution is 6.04.